The summed E-state index contributed by atoms with van der Waals surface area (Å²) in [4.78, 5) is 47.5. The molecule has 1 heterocycles. The number of benzene rings is 2. The molecule has 39 heavy (non-hydrogen) atoms. The van der Waals surface area contributed by atoms with E-state index in [1.165, 1.54) is 18.9 Å². The summed E-state index contributed by atoms with van der Waals surface area (Å²) in [7, 11) is 1.29. The Kier molecular flexibility index (Phi) is 12.1. The lowest BCUT2D eigenvalue weighted by atomic mass is 10.0. The summed E-state index contributed by atoms with van der Waals surface area (Å²) >= 11 is 0. The number of aliphatic carboxylic acids is 1. The Labute approximate surface area is 223 Å². The summed E-state index contributed by atoms with van der Waals surface area (Å²) in [6.07, 6.45) is -3.12. The van der Waals surface area contributed by atoms with Gasteiger partial charge in [-0.15, -0.1) is 0 Å². The van der Waals surface area contributed by atoms with Crippen molar-refractivity contribution < 1.29 is 42.2 Å². The van der Waals surface area contributed by atoms with E-state index in [1.54, 1.807) is 0 Å². The van der Waals surface area contributed by atoms with E-state index >= 15 is 0 Å². The van der Waals surface area contributed by atoms with E-state index < -0.39 is 24.2 Å². The van der Waals surface area contributed by atoms with Crippen LogP contribution in [-0.2, 0) is 30.5 Å². The van der Waals surface area contributed by atoms with Crippen LogP contribution in [0.15, 0.2) is 42.5 Å². The zero-order valence-electron chi connectivity index (χ0n) is 21.7. The Balaban J connectivity index is 0.000000673. The molecule has 0 saturated carbocycles. The number of rotatable bonds is 10. The van der Waals surface area contributed by atoms with Gasteiger partial charge in [0.15, 0.2) is 0 Å². The molecule has 1 aliphatic heterocycles. The maximum absolute atomic E-state index is 13.2. The minimum absolute atomic E-state index is 0.0176. The highest BCUT2D eigenvalue weighted by atomic mass is 19.4. The number of carbonyl (C=O) groups is 4. The SMILES string of the molecule is COC(=O)[C@H](CNC(C)=O)N(CC1CCCN1)C(=O)CNCc1cccc2ccccc12.O=C(O)C(F)(F)F. The predicted molar refractivity (Wildman–Crippen MR) is 137 cm³/mol. The van der Waals surface area contributed by atoms with Gasteiger partial charge in [0.05, 0.1) is 13.7 Å². The van der Waals surface area contributed by atoms with Gasteiger partial charge in [-0.1, -0.05) is 42.5 Å². The van der Waals surface area contributed by atoms with Crippen LogP contribution >= 0.6 is 0 Å². The second-order valence-electron chi connectivity index (χ2n) is 8.86. The number of methoxy groups -OCH3 is 1. The fourth-order valence-electron chi connectivity index (χ4n) is 4.10. The van der Waals surface area contributed by atoms with Crippen molar-refractivity contribution in [3.8, 4) is 0 Å². The molecule has 2 aromatic carbocycles. The molecule has 0 spiro atoms. The van der Waals surface area contributed by atoms with Crippen LogP contribution in [0.25, 0.3) is 10.8 Å². The van der Waals surface area contributed by atoms with Gasteiger partial charge in [0.25, 0.3) is 0 Å². The molecule has 1 saturated heterocycles. The number of amides is 2. The fraction of sp³-hybridized carbons (Fsp3) is 0.462. The van der Waals surface area contributed by atoms with E-state index in [1.807, 2.05) is 24.3 Å². The van der Waals surface area contributed by atoms with Crippen molar-refractivity contribution in [2.45, 2.75) is 44.6 Å². The van der Waals surface area contributed by atoms with Crippen molar-refractivity contribution >= 4 is 34.5 Å². The molecule has 1 aliphatic rings. The summed E-state index contributed by atoms with van der Waals surface area (Å²) in [6, 6.07) is 13.4. The first-order valence-corrected chi connectivity index (χ1v) is 12.3. The van der Waals surface area contributed by atoms with Gasteiger partial charge in [0.2, 0.25) is 11.8 Å². The van der Waals surface area contributed by atoms with Crippen LogP contribution in [0, 0.1) is 0 Å². The Morgan fingerprint density at radius 3 is 2.41 bits per heavy atom. The first kappa shape index (κ1) is 31.5. The lowest BCUT2D eigenvalue weighted by molar-refractivity contribution is -0.192. The van der Waals surface area contributed by atoms with E-state index in [9.17, 15) is 27.6 Å². The van der Waals surface area contributed by atoms with Gasteiger partial charge in [-0.3, -0.25) is 9.59 Å². The standard InChI is InChI=1S/C24H32N4O4.C2HF3O2/c1-17(29)27-14-22(24(31)32-2)28(16-20-10-6-12-26-20)23(30)15-25-13-19-9-5-8-18-7-3-4-11-21(18)19;3-2(4,5)1(6)7/h3-5,7-9,11,20,22,25-26H,6,10,12-16H2,1-2H3,(H,27,29);(H,6,7)/t20?,22-;/m0./s1. The Hall–Kier alpha value is -3.71. The van der Waals surface area contributed by atoms with Gasteiger partial charge >= 0.3 is 18.1 Å². The molecule has 214 valence electrons. The van der Waals surface area contributed by atoms with Crippen molar-refractivity contribution in [2.24, 2.45) is 0 Å². The van der Waals surface area contributed by atoms with Crippen molar-refractivity contribution in [2.75, 3.05) is 33.3 Å². The van der Waals surface area contributed by atoms with Crippen LogP contribution in [0.2, 0.25) is 0 Å². The van der Waals surface area contributed by atoms with Crippen LogP contribution < -0.4 is 16.0 Å². The van der Waals surface area contributed by atoms with Crippen LogP contribution in [0.5, 0.6) is 0 Å². The number of carbonyl (C=O) groups excluding carboxylic acids is 3. The Morgan fingerprint density at radius 1 is 1.15 bits per heavy atom. The van der Waals surface area contributed by atoms with E-state index in [-0.39, 0.29) is 30.9 Å². The zero-order chi connectivity index (χ0) is 29.0. The molecular formula is C26H33F3N4O6. The monoisotopic (exact) mass is 554 g/mol. The van der Waals surface area contributed by atoms with E-state index in [0.717, 1.165) is 35.7 Å². The number of hydrogen-bond acceptors (Lipinski definition) is 7. The normalized spacial score (nSPS) is 15.6. The first-order chi connectivity index (χ1) is 18.4. The third-order valence-electron chi connectivity index (χ3n) is 6.01. The number of fused-ring (bicyclic) bond motifs is 1. The number of nitrogens with zero attached hydrogens (tertiary/aromatic N) is 1. The molecule has 0 aliphatic carbocycles. The average molecular weight is 555 g/mol. The molecule has 3 rings (SSSR count). The zero-order valence-corrected chi connectivity index (χ0v) is 21.7. The molecule has 2 aromatic rings. The summed E-state index contributed by atoms with van der Waals surface area (Å²) in [5.74, 6) is -3.77. The first-order valence-electron chi connectivity index (χ1n) is 12.3. The molecule has 13 heteroatoms. The summed E-state index contributed by atoms with van der Waals surface area (Å²) in [6.45, 7) is 3.27. The maximum Gasteiger partial charge on any atom is 0.490 e. The molecule has 2 amide bonds. The second-order valence-corrected chi connectivity index (χ2v) is 8.86. The Bertz CT molecular complexity index is 1130. The van der Waals surface area contributed by atoms with Gasteiger partial charge in [0.1, 0.15) is 6.04 Å². The molecule has 10 nitrogen and oxygen atoms in total. The largest absolute Gasteiger partial charge is 0.490 e. The van der Waals surface area contributed by atoms with Crippen LogP contribution in [0.4, 0.5) is 13.2 Å². The van der Waals surface area contributed by atoms with Gasteiger partial charge in [-0.2, -0.15) is 13.2 Å². The van der Waals surface area contributed by atoms with Gasteiger partial charge in [0, 0.05) is 32.6 Å². The molecule has 0 aromatic heterocycles. The van der Waals surface area contributed by atoms with E-state index in [2.05, 4.69) is 34.1 Å². The van der Waals surface area contributed by atoms with Crippen molar-refractivity contribution in [1.82, 2.24) is 20.9 Å². The van der Waals surface area contributed by atoms with Crippen LogP contribution in [-0.4, -0.2) is 85.3 Å². The number of carboxylic acids is 1. The predicted octanol–water partition coefficient (Wildman–Crippen LogP) is 1.82. The average Bonchev–Trinajstić information content (AvgIpc) is 3.41. The van der Waals surface area contributed by atoms with Crippen LogP contribution in [0.1, 0.15) is 25.3 Å². The highest BCUT2D eigenvalue weighted by Gasteiger charge is 2.38. The van der Waals surface area contributed by atoms with Gasteiger partial charge < -0.3 is 30.7 Å². The van der Waals surface area contributed by atoms with Crippen molar-refractivity contribution in [3.05, 3.63) is 48.0 Å². The number of esters is 1. The van der Waals surface area contributed by atoms with Gasteiger partial charge in [-0.25, -0.2) is 9.59 Å². The molecular weight excluding hydrogens is 521 g/mol. The second kappa shape index (κ2) is 15.0. The highest BCUT2D eigenvalue weighted by molar-refractivity contribution is 5.87. The summed E-state index contributed by atoms with van der Waals surface area (Å²) < 4.78 is 36.7. The smallest absolute Gasteiger partial charge is 0.475 e. The van der Waals surface area contributed by atoms with E-state index in [0.29, 0.717) is 13.1 Å². The minimum Gasteiger partial charge on any atom is -0.475 e. The van der Waals surface area contributed by atoms with Gasteiger partial charge in [-0.05, 0) is 35.7 Å². The summed E-state index contributed by atoms with van der Waals surface area (Å²) in [5, 5.41) is 18.7. The molecule has 1 fully saturated rings. The number of halogens is 3. The molecule has 2 atom stereocenters. The van der Waals surface area contributed by atoms with E-state index in [4.69, 9.17) is 14.6 Å². The third kappa shape index (κ3) is 10.2. The molecule has 4 N–H and O–H groups in total. The number of carboxylic acid groups (broad SMARTS) is 1. The quantitative estimate of drug-likeness (QED) is 0.327. The highest BCUT2D eigenvalue weighted by Crippen LogP contribution is 2.18. The number of nitrogens with one attached hydrogen (secondary N) is 3. The van der Waals surface area contributed by atoms with Crippen molar-refractivity contribution in [1.29, 1.82) is 0 Å². The number of alkyl halides is 3. The maximum atomic E-state index is 13.2. The van der Waals surface area contributed by atoms with Crippen LogP contribution in [0.3, 0.4) is 0 Å². The number of hydrogen-bond donors (Lipinski definition) is 4. The lowest BCUT2D eigenvalue weighted by Crippen LogP contribution is -2.56. The topological polar surface area (TPSA) is 137 Å². The van der Waals surface area contributed by atoms with Crippen molar-refractivity contribution in [3.63, 3.8) is 0 Å². The minimum atomic E-state index is -5.08. The third-order valence-corrected chi connectivity index (χ3v) is 6.01. The molecule has 0 bridgehead atoms. The fourth-order valence-corrected chi connectivity index (χ4v) is 4.10. The number of ether oxygens (including phenoxy) is 1. The lowest BCUT2D eigenvalue weighted by Gasteiger charge is -2.32. The molecule has 0 radical (unpaired) electrons. The molecule has 1 unspecified atom stereocenters. The Morgan fingerprint density at radius 2 is 1.82 bits per heavy atom. The summed E-state index contributed by atoms with van der Waals surface area (Å²) in [5.41, 5.74) is 1.10.